The molecule has 4 heteroatoms. The van der Waals surface area contributed by atoms with E-state index in [1.165, 1.54) is 0 Å². The summed E-state index contributed by atoms with van der Waals surface area (Å²) in [5, 5.41) is 6.67. The fourth-order valence-electron chi connectivity index (χ4n) is 1.74. The van der Waals surface area contributed by atoms with Gasteiger partial charge in [-0.3, -0.25) is 4.98 Å². The first-order valence-corrected chi connectivity index (χ1v) is 6.73. The Kier molecular flexibility index (Phi) is 4.23. The highest BCUT2D eigenvalue weighted by Crippen LogP contribution is 2.19. The van der Waals surface area contributed by atoms with E-state index >= 15 is 0 Å². The van der Waals surface area contributed by atoms with Gasteiger partial charge in [0.15, 0.2) is 0 Å². The van der Waals surface area contributed by atoms with Crippen molar-refractivity contribution < 1.29 is 0 Å². The van der Waals surface area contributed by atoms with E-state index in [9.17, 15) is 0 Å². The minimum atomic E-state index is 0.331. The molecule has 3 nitrogen and oxygen atoms in total. The number of hydrogen-bond donors (Lipinski definition) is 1. The molecular weight excluding hydrogens is 230 g/mol. The SMILES string of the molecule is CCC(NCc1cccc(C)n1)c1nccs1. The largest absolute Gasteiger partial charge is 0.302 e. The van der Waals surface area contributed by atoms with Crippen LogP contribution in [0.4, 0.5) is 0 Å². The van der Waals surface area contributed by atoms with E-state index in [1.54, 1.807) is 11.3 Å². The molecule has 90 valence electrons. The van der Waals surface area contributed by atoms with Gasteiger partial charge in [-0.2, -0.15) is 0 Å². The third-order valence-electron chi connectivity index (χ3n) is 2.63. The third kappa shape index (κ3) is 3.35. The van der Waals surface area contributed by atoms with Crippen LogP contribution in [0.2, 0.25) is 0 Å². The van der Waals surface area contributed by atoms with Gasteiger partial charge < -0.3 is 5.32 Å². The molecule has 2 heterocycles. The lowest BCUT2D eigenvalue weighted by molar-refractivity contribution is 0.511. The molecule has 0 aliphatic rings. The summed E-state index contributed by atoms with van der Waals surface area (Å²) < 4.78 is 0. The Morgan fingerprint density at radius 1 is 1.41 bits per heavy atom. The van der Waals surface area contributed by atoms with Crippen LogP contribution in [0.15, 0.2) is 29.8 Å². The molecule has 0 aliphatic heterocycles. The highest BCUT2D eigenvalue weighted by molar-refractivity contribution is 7.09. The second-order valence-electron chi connectivity index (χ2n) is 3.98. The maximum atomic E-state index is 4.48. The smallest absolute Gasteiger partial charge is 0.109 e. The molecular formula is C13H17N3S. The number of hydrogen-bond acceptors (Lipinski definition) is 4. The summed E-state index contributed by atoms with van der Waals surface area (Å²) in [6, 6.07) is 6.44. The van der Waals surface area contributed by atoms with Crippen molar-refractivity contribution >= 4 is 11.3 Å². The Balaban J connectivity index is 1.97. The van der Waals surface area contributed by atoms with Crippen molar-refractivity contribution in [3.63, 3.8) is 0 Å². The van der Waals surface area contributed by atoms with Crippen LogP contribution >= 0.6 is 11.3 Å². The van der Waals surface area contributed by atoms with Crippen molar-refractivity contribution in [1.29, 1.82) is 0 Å². The van der Waals surface area contributed by atoms with Crippen LogP contribution in [0.25, 0.3) is 0 Å². The van der Waals surface area contributed by atoms with Crippen LogP contribution in [-0.2, 0) is 6.54 Å². The molecule has 2 aromatic rings. The molecule has 2 aromatic heterocycles. The van der Waals surface area contributed by atoms with E-state index < -0.39 is 0 Å². The van der Waals surface area contributed by atoms with E-state index in [-0.39, 0.29) is 0 Å². The average Bonchev–Trinajstić information content (AvgIpc) is 2.84. The normalized spacial score (nSPS) is 12.6. The third-order valence-corrected chi connectivity index (χ3v) is 3.52. The van der Waals surface area contributed by atoms with E-state index in [0.29, 0.717) is 6.04 Å². The summed E-state index contributed by atoms with van der Waals surface area (Å²) >= 11 is 1.70. The van der Waals surface area contributed by atoms with Gasteiger partial charge >= 0.3 is 0 Å². The molecule has 0 bridgehead atoms. The zero-order valence-electron chi connectivity index (χ0n) is 10.2. The van der Waals surface area contributed by atoms with Crippen molar-refractivity contribution in [3.05, 3.63) is 46.2 Å². The highest BCUT2D eigenvalue weighted by atomic mass is 32.1. The molecule has 0 amide bonds. The number of aromatic nitrogens is 2. The molecule has 0 saturated heterocycles. The standard InChI is InChI=1S/C13H17N3S/c1-3-12(13-14-7-8-17-13)15-9-11-6-4-5-10(2)16-11/h4-8,12,15H,3,9H2,1-2H3. The van der Waals surface area contributed by atoms with Crippen LogP contribution < -0.4 is 5.32 Å². The Morgan fingerprint density at radius 3 is 2.94 bits per heavy atom. The van der Waals surface area contributed by atoms with Crippen LogP contribution in [0.1, 0.15) is 35.8 Å². The molecule has 2 rings (SSSR count). The van der Waals surface area contributed by atoms with Gasteiger partial charge in [-0.1, -0.05) is 13.0 Å². The Labute approximate surface area is 106 Å². The lowest BCUT2D eigenvalue weighted by atomic mass is 10.2. The number of nitrogens with zero attached hydrogens (tertiary/aromatic N) is 2. The van der Waals surface area contributed by atoms with Gasteiger partial charge in [0, 0.05) is 23.8 Å². The maximum Gasteiger partial charge on any atom is 0.109 e. The first-order valence-electron chi connectivity index (χ1n) is 5.85. The lowest BCUT2D eigenvalue weighted by Crippen LogP contribution is -2.20. The van der Waals surface area contributed by atoms with Gasteiger partial charge in [0.1, 0.15) is 5.01 Å². The molecule has 0 aromatic carbocycles. The van der Waals surface area contributed by atoms with E-state index in [4.69, 9.17) is 0 Å². The van der Waals surface area contributed by atoms with E-state index in [2.05, 4.69) is 28.3 Å². The molecule has 0 aliphatic carbocycles. The van der Waals surface area contributed by atoms with Crippen LogP contribution in [-0.4, -0.2) is 9.97 Å². The molecule has 0 spiro atoms. The summed E-state index contributed by atoms with van der Waals surface area (Å²) in [5.41, 5.74) is 2.15. The van der Waals surface area contributed by atoms with Crippen molar-refractivity contribution in [2.45, 2.75) is 32.9 Å². The Bertz CT molecular complexity index is 453. The number of rotatable bonds is 5. The van der Waals surface area contributed by atoms with Crippen LogP contribution in [0.5, 0.6) is 0 Å². The number of thiazole rings is 1. The monoisotopic (exact) mass is 247 g/mol. The fourth-order valence-corrected chi connectivity index (χ4v) is 2.54. The van der Waals surface area contributed by atoms with Crippen molar-refractivity contribution in [3.8, 4) is 0 Å². The van der Waals surface area contributed by atoms with Gasteiger partial charge in [-0.15, -0.1) is 11.3 Å². The summed E-state index contributed by atoms with van der Waals surface area (Å²) in [7, 11) is 0. The number of aryl methyl sites for hydroxylation is 1. The summed E-state index contributed by atoms with van der Waals surface area (Å²) in [6.07, 6.45) is 2.90. The minimum Gasteiger partial charge on any atom is -0.302 e. The maximum absolute atomic E-state index is 4.48. The first kappa shape index (κ1) is 12.2. The molecule has 1 unspecified atom stereocenters. The average molecular weight is 247 g/mol. The Hall–Kier alpha value is -1.26. The van der Waals surface area contributed by atoms with Crippen molar-refractivity contribution in [1.82, 2.24) is 15.3 Å². The van der Waals surface area contributed by atoms with Gasteiger partial charge in [-0.25, -0.2) is 4.98 Å². The minimum absolute atomic E-state index is 0.331. The van der Waals surface area contributed by atoms with Gasteiger partial charge in [0.05, 0.1) is 11.7 Å². The molecule has 17 heavy (non-hydrogen) atoms. The molecule has 1 N–H and O–H groups in total. The second kappa shape index (κ2) is 5.89. The second-order valence-corrected chi connectivity index (χ2v) is 4.91. The topological polar surface area (TPSA) is 37.8 Å². The van der Waals surface area contributed by atoms with Crippen molar-refractivity contribution in [2.24, 2.45) is 0 Å². The fraction of sp³-hybridized carbons (Fsp3) is 0.385. The van der Waals surface area contributed by atoms with Gasteiger partial charge in [0.2, 0.25) is 0 Å². The number of nitrogens with one attached hydrogen (secondary N) is 1. The quantitative estimate of drug-likeness (QED) is 0.882. The summed E-state index contributed by atoms with van der Waals surface area (Å²) in [4.78, 5) is 8.83. The molecule has 1 atom stereocenters. The first-order chi connectivity index (χ1) is 8.29. The zero-order chi connectivity index (χ0) is 12.1. The van der Waals surface area contributed by atoms with Crippen LogP contribution in [0, 0.1) is 6.92 Å². The molecule has 0 fully saturated rings. The zero-order valence-corrected chi connectivity index (χ0v) is 11.0. The summed E-state index contributed by atoms with van der Waals surface area (Å²) in [6.45, 7) is 4.98. The highest BCUT2D eigenvalue weighted by Gasteiger charge is 2.11. The molecule has 0 radical (unpaired) electrons. The van der Waals surface area contributed by atoms with Gasteiger partial charge in [0.25, 0.3) is 0 Å². The predicted octanol–water partition coefficient (Wildman–Crippen LogP) is 3.09. The van der Waals surface area contributed by atoms with E-state index in [1.807, 2.05) is 30.6 Å². The van der Waals surface area contributed by atoms with Gasteiger partial charge in [-0.05, 0) is 25.5 Å². The predicted molar refractivity (Wildman–Crippen MR) is 71.0 cm³/mol. The molecule has 0 saturated carbocycles. The summed E-state index contributed by atoms with van der Waals surface area (Å²) in [5.74, 6) is 0. The van der Waals surface area contributed by atoms with E-state index in [0.717, 1.165) is 29.4 Å². The van der Waals surface area contributed by atoms with Crippen LogP contribution in [0.3, 0.4) is 0 Å². The lowest BCUT2D eigenvalue weighted by Gasteiger charge is -2.14. The Morgan fingerprint density at radius 2 is 2.29 bits per heavy atom. The number of pyridine rings is 1. The van der Waals surface area contributed by atoms with Crippen molar-refractivity contribution in [2.75, 3.05) is 0 Å².